The van der Waals surface area contributed by atoms with Crippen LogP contribution in [-0.2, 0) is 5.88 Å². The summed E-state index contributed by atoms with van der Waals surface area (Å²) in [5, 5.41) is 18.4. The Morgan fingerprint density at radius 2 is 2.12 bits per heavy atom. The molecule has 128 valence electrons. The van der Waals surface area contributed by atoms with E-state index in [1.54, 1.807) is 28.9 Å². The number of aryl methyl sites for hydroxylation is 1. The second-order valence-electron chi connectivity index (χ2n) is 5.46. The lowest BCUT2D eigenvalue weighted by atomic mass is 10.2. The van der Waals surface area contributed by atoms with Crippen molar-refractivity contribution in [2.75, 3.05) is 0 Å². The molecule has 8 heteroatoms. The second-order valence-corrected chi connectivity index (χ2v) is 8.37. The highest BCUT2D eigenvalue weighted by molar-refractivity contribution is 8.02. The average Bonchev–Trinajstić information content (AvgIpc) is 3.40. The van der Waals surface area contributed by atoms with E-state index < -0.39 is 0 Å². The molecule has 0 N–H and O–H groups in total. The monoisotopic (exact) mass is 395 g/mol. The molecule has 0 aliphatic heterocycles. The van der Waals surface area contributed by atoms with Gasteiger partial charge in [0.25, 0.3) is 0 Å². The van der Waals surface area contributed by atoms with Crippen LogP contribution < -0.4 is 0 Å². The Bertz CT molecular complexity index is 1060. The van der Waals surface area contributed by atoms with Crippen LogP contribution in [-0.4, -0.2) is 19.7 Å². The molecule has 4 heterocycles. The molecule has 0 atom stereocenters. The number of hydrogen-bond donors (Lipinski definition) is 0. The van der Waals surface area contributed by atoms with Crippen LogP contribution in [0.2, 0.25) is 0 Å². The van der Waals surface area contributed by atoms with Crippen molar-refractivity contribution in [2.45, 2.75) is 12.8 Å². The number of thiocyanates is 1. The molecule has 0 spiro atoms. The summed E-state index contributed by atoms with van der Waals surface area (Å²) in [6.45, 7) is 2.10. The minimum absolute atomic E-state index is 0.449. The third kappa shape index (κ3) is 3.42. The van der Waals surface area contributed by atoms with Gasteiger partial charge in [0, 0.05) is 33.1 Å². The first-order valence-corrected chi connectivity index (χ1v) is 10.4. The first kappa shape index (κ1) is 17.0. The number of nitriles is 1. The molecule has 4 aromatic heterocycles. The van der Waals surface area contributed by atoms with Crippen LogP contribution in [0.25, 0.3) is 32.5 Å². The lowest BCUT2D eigenvalue weighted by Crippen LogP contribution is -2.00. The average molecular weight is 396 g/mol. The standard InChI is InChI=1S/C18H13N5S3/c1-12-2-5-17(26-12)13-3-4-14(21-9-13)16-8-15(18-20-6-7-25-18)22-23(16)11-24-10-19/h2-9H,11H2,1H3. The third-order valence-electron chi connectivity index (χ3n) is 3.73. The van der Waals surface area contributed by atoms with Gasteiger partial charge in [-0.15, -0.1) is 22.7 Å². The largest absolute Gasteiger partial charge is 0.254 e. The molecular formula is C18H13N5S3. The number of aromatic nitrogens is 4. The Morgan fingerprint density at radius 1 is 1.19 bits per heavy atom. The zero-order chi connectivity index (χ0) is 17.9. The zero-order valence-electron chi connectivity index (χ0n) is 13.8. The summed E-state index contributed by atoms with van der Waals surface area (Å²) in [4.78, 5) is 11.4. The van der Waals surface area contributed by atoms with Crippen molar-refractivity contribution in [3.05, 3.63) is 53.0 Å². The maximum Gasteiger partial charge on any atom is 0.143 e. The molecule has 26 heavy (non-hydrogen) atoms. The highest BCUT2D eigenvalue weighted by Crippen LogP contribution is 2.30. The number of nitrogens with zero attached hydrogens (tertiary/aromatic N) is 5. The summed E-state index contributed by atoms with van der Waals surface area (Å²) in [6, 6.07) is 10.3. The molecule has 0 aromatic carbocycles. The van der Waals surface area contributed by atoms with Crippen molar-refractivity contribution in [1.82, 2.24) is 19.7 Å². The van der Waals surface area contributed by atoms with Crippen molar-refractivity contribution in [2.24, 2.45) is 0 Å². The lowest BCUT2D eigenvalue weighted by Gasteiger charge is -2.05. The van der Waals surface area contributed by atoms with E-state index in [0.29, 0.717) is 5.88 Å². The Kier molecular flexibility index (Phi) is 4.84. The summed E-state index contributed by atoms with van der Waals surface area (Å²) < 4.78 is 1.81. The fraction of sp³-hybridized carbons (Fsp3) is 0.111. The molecule has 0 unspecified atom stereocenters. The number of rotatable bonds is 5. The summed E-state index contributed by atoms with van der Waals surface area (Å²) in [5.41, 5.74) is 3.61. The van der Waals surface area contributed by atoms with Crippen LogP contribution >= 0.6 is 34.4 Å². The first-order valence-electron chi connectivity index (χ1n) is 7.76. The molecule has 0 saturated carbocycles. The molecule has 0 aliphatic rings. The van der Waals surface area contributed by atoms with E-state index in [1.165, 1.54) is 9.75 Å². The van der Waals surface area contributed by atoms with Crippen molar-refractivity contribution in [3.8, 4) is 37.9 Å². The molecule has 0 amide bonds. The summed E-state index contributed by atoms with van der Waals surface area (Å²) in [7, 11) is 0. The molecule has 0 radical (unpaired) electrons. The maximum absolute atomic E-state index is 8.89. The smallest absolute Gasteiger partial charge is 0.143 e. The number of hydrogen-bond acceptors (Lipinski definition) is 7. The van der Waals surface area contributed by atoms with Crippen molar-refractivity contribution in [1.29, 1.82) is 5.26 Å². The quantitative estimate of drug-likeness (QED) is 0.430. The van der Waals surface area contributed by atoms with Crippen LogP contribution in [0.4, 0.5) is 0 Å². The Labute approximate surface area is 163 Å². The van der Waals surface area contributed by atoms with Crippen LogP contribution in [0.15, 0.2) is 48.1 Å². The van der Waals surface area contributed by atoms with Gasteiger partial charge in [0.05, 0.1) is 11.4 Å². The lowest BCUT2D eigenvalue weighted by molar-refractivity contribution is 0.761. The topological polar surface area (TPSA) is 67.4 Å². The van der Waals surface area contributed by atoms with Gasteiger partial charge in [-0.2, -0.15) is 10.4 Å². The van der Waals surface area contributed by atoms with Gasteiger partial charge in [-0.25, -0.2) is 4.98 Å². The third-order valence-corrected chi connectivity index (χ3v) is 6.08. The minimum Gasteiger partial charge on any atom is -0.254 e. The molecule has 0 bridgehead atoms. The SMILES string of the molecule is Cc1ccc(-c2ccc(-c3cc(-c4nccs4)nn3CSC#N)nc2)s1. The molecular weight excluding hydrogens is 382 g/mol. The first-order chi connectivity index (χ1) is 12.7. The second kappa shape index (κ2) is 7.41. The molecule has 0 aliphatic carbocycles. The van der Waals surface area contributed by atoms with Gasteiger partial charge in [0.2, 0.25) is 0 Å². The summed E-state index contributed by atoms with van der Waals surface area (Å²) in [5.74, 6) is 0.449. The van der Waals surface area contributed by atoms with E-state index in [4.69, 9.17) is 5.26 Å². The normalized spacial score (nSPS) is 10.8. The molecule has 4 rings (SSSR count). The van der Waals surface area contributed by atoms with E-state index in [-0.39, 0.29) is 0 Å². The summed E-state index contributed by atoms with van der Waals surface area (Å²) in [6.07, 6.45) is 3.65. The van der Waals surface area contributed by atoms with E-state index >= 15 is 0 Å². The molecule has 0 saturated heterocycles. The van der Waals surface area contributed by atoms with Crippen molar-refractivity contribution < 1.29 is 0 Å². The highest BCUT2D eigenvalue weighted by atomic mass is 32.2. The molecule has 5 nitrogen and oxygen atoms in total. The van der Waals surface area contributed by atoms with E-state index in [1.807, 2.05) is 28.4 Å². The number of thiazole rings is 1. The van der Waals surface area contributed by atoms with E-state index in [9.17, 15) is 0 Å². The van der Waals surface area contributed by atoms with E-state index in [2.05, 4.69) is 45.6 Å². The van der Waals surface area contributed by atoms with Gasteiger partial charge >= 0.3 is 0 Å². The van der Waals surface area contributed by atoms with E-state index in [0.717, 1.165) is 39.4 Å². The number of thioether (sulfide) groups is 1. The van der Waals surface area contributed by atoms with Crippen LogP contribution in [0.3, 0.4) is 0 Å². The van der Waals surface area contributed by atoms with Gasteiger partial charge in [0.15, 0.2) is 0 Å². The Balaban J connectivity index is 1.70. The van der Waals surface area contributed by atoms with Gasteiger partial charge in [-0.1, -0.05) is 0 Å². The fourth-order valence-electron chi connectivity index (χ4n) is 2.55. The molecule has 4 aromatic rings. The Hall–Kier alpha value is -2.47. The fourth-order valence-corrected chi connectivity index (χ4v) is 4.37. The predicted molar refractivity (Wildman–Crippen MR) is 108 cm³/mol. The minimum atomic E-state index is 0.449. The van der Waals surface area contributed by atoms with Gasteiger partial charge in [-0.05, 0) is 49.0 Å². The van der Waals surface area contributed by atoms with Crippen LogP contribution in [0.5, 0.6) is 0 Å². The van der Waals surface area contributed by atoms with Crippen molar-refractivity contribution in [3.63, 3.8) is 0 Å². The van der Waals surface area contributed by atoms with Gasteiger partial charge < -0.3 is 0 Å². The van der Waals surface area contributed by atoms with Gasteiger partial charge in [0.1, 0.15) is 22.0 Å². The highest BCUT2D eigenvalue weighted by Gasteiger charge is 2.14. The van der Waals surface area contributed by atoms with Crippen molar-refractivity contribution >= 4 is 34.4 Å². The Morgan fingerprint density at radius 3 is 2.77 bits per heavy atom. The number of pyridine rings is 1. The van der Waals surface area contributed by atoms with Crippen LogP contribution in [0, 0.1) is 17.6 Å². The summed E-state index contributed by atoms with van der Waals surface area (Å²) >= 11 is 4.44. The zero-order valence-corrected chi connectivity index (χ0v) is 16.2. The molecule has 0 fully saturated rings. The predicted octanol–water partition coefficient (Wildman–Crippen LogP) is 5.28. The number of thiophene rings is 1. The van der Waals surface area contributed by atoms with Crippen LogP contribution in [0.1, 0.15) is 4.88 Å². The maximum atomic E-state index is 8.89. The van der Waals surface area contributed by atoms with Gasteiger partial charge in [-0.3, -0.25) is 9.67 Å².